The van der Waals surface area contributed by atoms with E-state index < -0.39 is 17.6 Å². The molecule has 7 heteroatoms. The van der Waals surface area contributed by atoms with Crippen LogP contribution in [0.1, 0.15) is 5.56 Å². The molecule has 0 fully saturated rings. The summed E-state index contributed by atoms with van der Waals surface area (Å²) in [5.41, 5.74) is 5.92. The Morgan fingerprint density at radius 2 is 1.81 bits per heavy atom. The van der Waals surface area contributed by atoms with Gasteiger partial charge in [-0.15, -0.1) is 11.3 Å². The molecular weight excluding hydrogens is 304 g/mol. The number of anilines is 1. The van der Waals surface area contributed by atoms with Crippen LogP contribution in [0.3, 0.4) is 0 Å². The number of halogens is 4. The predicted molar refractivity (Wildman–Crippen MR) is 74.4 cm³/mol. The zero-order valence-corrected chi connectivity index (χ0v) is 11.2. The van der Waals surface area contributed by atoms with E-state index in [0.29, 0.717) is 21.0 Å². The van der Waals surface area contributed by atoms with E-state index in [1.54, 1.807) is 0 Å². The highest BCUT2D eigenvalue weighted by Crippen LogP contribution is 2.37. The summed E-state index contributed by atoms with van der Waals surface area (Å²) in [5, 5.41) is 0.390. The number of alkyl halides is 3. The number of aromatic nitrogens is 1. The number of nitrogens with zero attached hydrogens (tertiary/aromatic N) is 1. The molecule has 0 spiro atoms. The van der Waals surface area contributed by atoms with Gasteiger partial charge in [0.15, 0.2) is 0 Å². The van der Waals surface area contributed by atoms with E-state index >= 15 is 0 Å². The highest BCUT2D eigenvalue weighted by Gasteiger charge is 2.30. The normalized spacial score (nSPS) is 12.0. The smallest absolute Gasteiger partial charge is 0.398 e. The van der Waals surface area contributed by atoms with Gasteiger partial charge in [0.05, 0.1) is 15.8 Å². The van der Waals surface area contributed by atoms with Crippen LogP contribution in [0.25, 0.3) is 20.8 Å². The molecular formula is C14H8F4N2S. The fourth-order valence-electron chi connectivity index (χ4n) is 1.93. The molecule has 2 N–H and O–H groups in total. The molecule has 2 aromatic carbocycles. The van der Waals surface area contributed by atoms with E-state index in [0.717, 1.165) is 12.1 Å². The third-order valence-corrected chi connectivity index (χ3v) is 4.03. The number of hydrogen-bond acceptors (Lipinski definition) is 3. The first-order valence-electron chi connectivity index (χ1n) is 5.88. The lowest BCUT2D eigenvalue weighted by Crippen LogP contribution is -2.03. The van der Waals surface area contributed by atoms with Gasteiger partial charge in [0.1, 0.15) is 10.8 Å². The summed E-state index contributed by atoms with van der Waals surface area (Å²) in [6.07, 6.45) is -4.42. The monoisotopic (exact) mass is 312 g/mol. The molecule has 1 aromatic heterocycles. The molecule has 3 rings (SSSR count). The highest BCUT2D eigenvalue weighted by molar-refractivity contribution is 7.21. The second-order valence-corrected chi connectivity index (χ2v) is 5.46. The first-order valence-corrected chi connectivity index (χ1v) is 6.69. The lowest BCUT2D eigenvalue weighted by molar-refractivity contribution is -0.137. The van der Waals surface area contributed by atoms with Crippen LogP contribution in [-0.4, -0.2) is 4.98 Å². The Bertz CT molecular complexity index is 823. The number of thiazole rings is 1. The summed E-state index contributed by atoms with van der Waals surface area (Å²) in [5.74, 6) is -0.477. The van der Waals surface area contributed by atoms with Crippen molar-refractivity contribution >= 4 is 27.2 Å². The molecule has 0 radical (unpaired) electrons. The van der Waals surface area contributed by atoms with Crippen molar-refractivity contribution in [2.75, 3.05) is 5.73 Å². The third kappa shape index (κ3) is 2.56. The topological polar surface area (TPSA) is 38.9 Å². The quantitative estimate of drug-likeness (QED) is 0.522. The molecule has 108 valence electrons. The fraction of sp³-hybridized carbons (Fsp3) is 0.0714. The van der Waals surface area contributed by atoms with Gasteiger partial charge in [-0.1, -0.05) is 0 Å². The molecule has 0 atom stereocenters. The fourth-order valence-corrected chi connectivity index (χ4v) is 2.92. The number of hydrogen-bond donors (Lipinski definition) is 1. The molecule has 0 saturated carbocycles. The van der Waals surface area contributed by atoms with Gasteiger partial charge in [-0.25, -0.2) is 9.37 Å². The van der Waals surface area contributed by atoms with E-state index in [2.05, 4.69) is 4.98 Å². The number of benzene rings is 2. The molecule has 1 heterocycles. The van der Waals surface area contributed by atoms with Gasteiger partial charge in [-0.05, 0) is 36.4 Å². The zero-order valence-electron chi connectivity index (χ0n) is 10.4. The van der Waals surface area contributed by atoms with E-state index in [1.807, 2.05) is 0 Å². The minimum Gasteiger partial charge on any atom is -0.398 e. The van der Waals surface area contributed by atoms with Crippen molar-refractivity contribution in [2.24, 2.45) is 0 Å². The molecule has 0 unspecified atom stereocenters. The van der Waals surface area contributed by atoms with Crippen LogP contribution in [0, 0.1) is 5.82 Å². The van der Waals surface area contributed by atoms with E-state index in [1.165, 1.54) is 35.6 Å². The van der Waals surface area contributed by atoms with E-state index in [9.17, 15) is 17.6 Å². The van der Waals surface area contributed by atoms with Gasteiger partial charge in [0.25, 0.3) is 0 Å². The van der Waals surface area contributed by atoms with E-state index in [4.69, 9.17) is 5.73 Å². The maximum atomic E-state index is 13.3. The lowest BCUT2D eigenvalue weighted by Gasteiger charge is -2.04. The Morgan fingerprint density at radius 1 is 1.05 bits per heavy atom. The van der Waals surface area contributed by atoms with Gasteiger partial charge in [0.2, 0.25) is 0 Å². The van der Waals surface area contributed by atoms with Crippen molar-refractivity contribution in [3.63, 3.8) is 0 Å². The van der Waals surface area contributed by atoms with Gasteiger partial charge >= 0.3 is 6.18 Å². The molecule has 0 aliphatic carbocycles. The van der Waals surface area contributed by atoms with E-state index in [-0.39, 0.29) is 5.52 Å². The molecule has 0 saturated heterocycles. The largest absolute Gasteiger partial charge is 0.416 e. The first-order chi connectivity index (χ1) is 9.84. The Kier molecular flexibility index (Phi) is 3.09. The second kappa shape index (κ2) is 4.70. The summed E-state index contributed by atoms with van der Waals surface area (Å²) in [6, 6.07) is 7.17. The standard InChI is InChI=1S/C14H8F4N2S/c15-8-2-3-10(19)9(6-8)13-20-11-5-7(14(16,17)18)1-4-12(11)21-13/h1-6H,19H2. The molecule has 21 heavy (non-hydrogen) atoms. The van der Waals surface area contributed by atoms with Crippen LogP contribution in [-0.2, 0) is 6.18 Å². The van der Waals surface area contributed by atoms with Crippen molar-refractivity contribution in [3.05, 3.63) is 47.8 Å². The average molecular weight is 312 g/mol. The summed E-state index contributed by atoms with van der Waals surface area (Å²) in [4.78, 5) is 4.13. The van der Waals surface area contributed by atoms with Crippen molar-refractivity contribution in [1.82, 2.24) is 4.98 Å². The average Bonchev–Trinajstić information content (AvgIpc) is 2.83. The minimum absolute atomic E-state index is 0.216. The van der Waals surface area contributed by atoms with Crippen LogP contribution in [0.15, 0.2) is 36.4 Å². The Hall–Kier alpha value is -2.15. The second-order valence-electron chi connectivity index (χ2n) is 4.43. The van der Waals surface area contributed by atoms with Gasteiger partial charge in [-0.2, -0.15) is 13.2 Å². The number of nitrogens with two attached hydrogens (primary N) is 1. The van der Waals surface area contributed by atoms with Crippen LogP contribution < -0.4 is 5.73 Å². The first kappa shape index (κ1) is 13.8. The van der Waals surface area contributed by atoms with Crippen LogP contribution >= 0.6 is 11.3 Å². The zero-order chi connectivity index (χ0) is 15.2. The van der Waals surface area contributed by atoms with Gasteiger partial charge in [0, 0.05) is 11.3 Å². The van der Waals surface area contributed by atoms with Crippen molar-refractivity contribution in [3.8, 4) is 10.6 Å². The number of nitrogen functional groups attached to an aromatic ring is 1. The van der Waals surface area contributed by atoms with Gasteiger partial charge < -0.3 is 5.73 Å². The third-order valence-electron chi connectivity index (χ3n) is 2.96. The number of rotatable bonds is 1. The highest BCUT2D eigenvalue weighted by atomic mass is 32.1. The number of fused-ring (bicyclic) bond motifs is 1. The summed E-state index contributed by atoms with van der Waals surface area (Å²) in [7, 11) is 0. The lowest BCUT2D eigenvalue weighted by atomic mass is 10.2. The Morgan fingerprint density at radius 3 is 2.52 bits per heavy atom. The molecule has 0 aliphatic heterocycles. The molecule has 0 aliphatic rings. The van der Waals surface area contributed by atoms with Crippen LogP contribution in [0.2, 0.25) is 0 Å². The van der Waals surface area contributed by atoms with Crippen molar-refractivity contribution < 1.29 is 17.6 Å². The minimum atomic E-state index is -4.42. The maximum absolute atomic E-state index is 13.3. The Balaban J connectivity index is 2.15. The molecule has 0 amide bonds. The van der Waals surface area contributed by atoms with Crippen LogP contribution in [0.4, 0.5) is 23.2 Å². The summed E-state index contributed by atoms with van der Waals surface area (Å²) >= 11 is 1.17. The van der Waals surface area contributed by atoms with Gasteiger partial charge in [-0.3, -0.25) is 0 Å². The van der Waals surface area contributed by atoms with Crippen molar-refractivity contribution in [2.45, 2.75) is 6.18 Å². The summed E-state index contributed by atoms with van der Waals surface area (Å²) in [6.45, 7) is 0. The molecule has 2 nitrogen and oxygen atoms in total. The summed E-state index contributed by atoms with van der Waals surface area (Å²) < 4.78 is 51.9. The molecule has 0 bridgehead atoms. The predicted octanol–water partition coefficient (Wildman–Crippen LogP) is 4.70. The maximum Gasteiger partial charge on any atom is 0.416 e. The van der Waals surface area contributed by atoms with Crippen LogP contribution in [0.5, 0.6) is 0 Å². The molecule has 3 aromatic rings. The van der Waals surface area contributed by atoms with Crippen molar-refractivity contribution in [1.29, 1.82) is 0 Å². The Labute approximate surface area is 120 Å². The SMILES string of the molecule is Nc1ccc(F)cc1-c1nc2cc(C(F)(F)F)ccc2s1.